The van der Waals surface area contributed by atoms with Crippen LogP contribution in [0.3, 0.4) is 0 Å². The van der Waals surface area contributed by atoms with Crippen molar-refractivity contribution in [3.05, 3.63) is 76.1 Å². The molecule has 0 N–H and O–H groups in total. The first kappa shape index (κ1) is 46.0. The molecule has 3 aromatic rings. The number of carbonyl (C=O) groups excluding carboxylic acids is 2. The molecule has 314 valence electrons. The number of hydrogen-bond acceptors (Lipinski definition) is 6. The quantitative estimate of drug-likeness (QED) is 0.0551. The van der Waals surface area contributed by atoms with Gasteiger partial charge in [-0.1, -0.05) is 106 Å². The van der Waals surface area contributed by atoms with Gasteiger partial charge in [0.05, 0.1) is 16.1 Å². The first-order valence-electron chi connectivity index (χ1n) is 21.3. The lowest BCUT2D eigenvalue weighted by molar-refractivity contribution is -0.119. The maximum Gasteiger partial charge on any atom is 0.343 e. The Labute approximate surface area is 345 Å². The zero-order valence-corrected chi connectivity index (χ0v) is 38.3. The van der Waals surface area contributed by atoms with Gasteiger partial charge in [0.15, 0.2) is 5.78 Å². The number of nitrogens with zero attached hydrogens (tertiary/aromatic N) is 2. The molecule has 1 aromatic heterocycles. The SMILES string of the molecule is Cc1c(C)c2c(c(C)c1OC(=O)c1ccc(/C=C(\C(C(=O)C(C)(C)C)=S(C)(C)=O)n3cccn3)cc1)CC[C@](C)(CCC[C@H](C)CCC[C@@H](C)CCCC(C)C)O2. The molecule has 0 saturated carbocycles. The van der Waals surface area contributed by atoms with Crippen molar-refractivity contribution in [3.8, 4) is 11.5 Å². The number of hydrogen-bond donors (Lipinski definition) is 0. The summed E-state index contributed by atoms with van der Waals surface area (Å²) in [5.41, 5.74) is 4.62. The molecule has 3 atom stereocenters. The topological polar surface area (TPSA) is 87.5 Å². The van der Waals surface area contributed by atoms with Gasteiger partial charge in [-0.25, -0.2) is 9.48 Å². The highest BCUT2D eigenvalue weighted by Gasteiger charge is 2.35. The second kappa shape index (κ2) is 19.4. The van der Waals surface area contributed by atoms with Gasteiger partial charge in [-0.05, 0) is 127 Å². The van der Waals surface area contributed by atoms with E-state index in [0.29, 0.717) is 17.0 Å². The lowest BCUT2D eigenvalue weighted by Crippen LogP contribution is -2.37. The number of benzene rings is 2. The first-order chi connectivity index (χ1) is 26.6. The third-order valence-corrected chi connectivity index (χ3v) is 13.2. The molecule has 1 aliphatic heterocycles. The van der Waals surface area contributed by atoms with Crippen LogP contribution < -0.4 is 9.47 Å². The van der Waals surface area contributed by atoms with Crippen LogP contribution in [-0.2, 0) is 20.7 Å². The number of carbonyl (C=O) groups is 2. The van der Waals surface area contributed by atoms with Crippen molar-refractivity contribution >= 4 is 37.9 Å². The highest BCUT2D eigenvalue weighted by molar-refractivity contribution is 8.03. The Morgan fingerprint density at radius 3 is 2.05 bits per heavy atom. The number of fused-ring (bicyclic) bond motifs is 1. The van der Waals surface area contributed by atoms with Crippen molar-refractivity contribution in [1.29, 1.82) is 0 Å². The molecule has 0 unspecified atom stereocenters. The number of rotatable bonds is 18. The molecule has 0 fully saturated rings. The summed E-state index contributed by atoms with van der Waals surface area (Å²) in [6.45, 7) is 23.3. The van der Waals surface area contributed by atoms with Gasteiger partial charge in [0.1, 0.15) is 17.1 Å². The molecule has 2 heterocycles. The minimum atomic E-state index is -2.69. The zero-order valence-electron chi connectivity index (χ0n) is 37.5. The normalized spacial score (nSPS) is 17.2. The Hall–Kier alpha value is -3.65. The summed E-state index contributed by atoms with van der Waals surface area (Å²) < 4.78 is 28.1. The molecular weight excluding hydrogens is 729 g/mol. The number of esters is 1. The minimum Gasteiger partial charge on any atom is -0.487 e. The van der Waals surface area contributed by atoms with Crippen LogP contribution in [-0.4, -0.2) is 48.7 Å². The molecule has 0 amide bonds. The Kier molecular flexibility index (Phi) is 15.7. The Morgan fingerprint density at radius 2 is 1.51 bits per heavy atom. The van der Waals surface area contributed by atoms with Crippen molar-refractivity contribution in [1.82, 2.24) is 9.78 Å². The number of ketones is 1. The summed E-state index contributed by atoms with van der Waals surface area (Å²) in [4.78, 5) is 27.5. The summed E-state index contributed by atoms with van der Waals surface area (Å²) >= 11 is 0. The fourth-order valence-corrected chi connectivity index (χ4v) is 9.43. The van der Waals surface area contributed by atoms with Crippen molar-refractivity contribution in [2.75, 3.05) is 12.5 Å². The molecule has 0 bridgehead atoms. The molecule has 0 radical (unpaired) electrons. The van der Waals surface area contributed by atoms with Gasteiger partial charge in [0, 0.05) is 35.9 Å². The summed E-state index contributed by atoms with van der Waals surface area (Å²) in [5.74, 6) is 3.27. The third kappa shape index (κ3) is 12.4. The smallest absolute Gasteiger partial charge is 0.343 e. The molecule has 57 heavy (non-hydrogen) atoms. The average molecular weight is 801 g/mol. The predicted octanol–water partition coefficient (Wildman–Crippen LogP) is 11.9. The predicted molar refractivity (Wildman–Crippen MR) is 240 cm³/mol. The van der Waals surface area contributed by atoms with Crippen molar-refractivity contribution in [2.45, 2.75) is 152 Å². The van der Waals surface area contributed by atoms with Gasteiger partial charge in [0.25, 0.3) is 0 Å². The van der Waals surface area contributed by atoms with Crippen LogP contribution in [0, 0.1) is 43.9 Å². The molecule has 0 saturated heterocycles. The van der Waals surface area contributed by atoms with Crippen molar-refractivity contribution in [3.63, 3.8) is 0 Å². The van der Waals surface area contributed by atoms with Gasteiger partial charge < -0.3 is 9.47 Å². The van der Waals surface area contributed by atoms with Gasteiger partial charge in [0.2, 0.25) is 0 Å². The van der Waals surface area contributed by atoms with E-state index in [9.17, 15) is 13.8 Å². The highest BCUT2D eigenvalue weighted by atomic mass is 32.2. The maximum atomic E-state index is 13.6. The second-order valence-electron chi connectivity index (χ2n) is 19.1. The lowest BCUT2D eigenvalue weighted by Gasteiger charge is -2.38. The largest absolute Gasteiger partial charge is 0.487 e. The van der Waals surface area contributed by atoms with Gasteiger partial charge >= 0.3 is 5.97 Å². The van der Waals surface area contributed by atoms with Crippen LogP contribution in [0.5, 0.6) is 11.5 Å². The van der Waals surface area contributed by atoms with Crippen molar-refractivity contribution < 1.29 is 23.3 Å². The molecule has 7 nitrogen and oxygen atoms in total. The van der Waals surface area contributed by atoms with E-state index in [0.717, 1.165) is 77.0 Å². The summed E-state index contributed by atoms with van der Waals surface area (Å²) in [6.07, 6.45) is 21.6. The lowest BCUT2D eigenvalue weighted by atomic mass is 9.83. The van der Waals surface area contributed by atoms with Crippen LogP contribution in [0.2, 0.25) is 0 Å². The Morgan fingerprint density at radius 1 is 0.912 bits per heavy atom. The molecule has 0 spiro atoms. The van der Waals surface area contributed by atoms with Crippen LogP contribution in [0.25, 0.3) is 11.8 Å². The molecule has 4 rings (SSSR count). The molecule has 2 aromatic carbocycles. The molecule has 0 aliphatic carbocycles. The van der Waals surface area contributed by atoms with E-state index in [1.807, 2.05) is 34.6 Å². The van der Waals surface area contributed by atoms with Gasteiger partial charge in [-0.2, -0.15) is 5.10 Å². The maximum absolute atomic E-state index is 13.6. The average Bonchev–Trinajstić information content (AvgIpc) is 3.66. The fraction of sp³-hybridized carbons (Fsp3) is 0.592. The number of ether oxygens (including phenoxy) is 2. The van der Waals surface area contributed by atoms with Crippen LogP contribution >= 0.6 is 0 Å². The standard InChI is InChI=1S/C49H72N2O5S/c1-33(2)18-14-19-34(3)20-15-21-35(4)22-16-28-49(11)29-27-41-38(7)43(36(5)37(6)44(41)56-49)55-47(53)40-25-23-39(24-26-40)32-42(51-31-17-30-50-51)45(57(12,13)54)46(52)48(8,9)10/h17,23-26,30-35H,14-16,18-22,27-29H2,1-13H3/b42-32+/t34-,35+,49-/m0/s1. The van der Waals surface area contributed by atoms with E-state index in [2.05, 4.69) is 46.6 Å². The van der Waals surface area contributed by atoms with E-state index < -0.39 is 20.9 Å². The molecule has 1 aliphatic rings. The first-order valence-corrected chi connectivity index (χ1v) is 23.7. The molecular formula is C49H72N2O5S. The fourth-order valence-electron chi connectivity index (χ4n) is 8.02. The number of allylic oxidation sites excluding steroid dienone is 1. The van der Waals surface area contributed by atoms with Gasteiger partial charge in [-0.15, -0.1) is 0 Å². The summed E-state index contributed by atoms with van der Waals surface area (Å²) in [6, 6.07) is 8.80. The highest BCUT2D eigenvalue weighted by Crippen LogP contribution is 2.45. The van der Waals surface area contributed by atoms with Crippen molar-refractivity contribution in [2.24, 2.45) is 23.2 Å². The zero-order chi connectivity index (χ0) is 42.3. The Bertz CT molecular complexity index is 2000. The van der Waals surface area contributed by atoms with Crippen LogP contribution in [0.15, 0.2) is 42.7 Å². The molecule has 8 heteroatoms. The van der Waals surface area contributed by atoms with E-state index in [1.165, 1.54) is 44.9 Å². The monoisotopic (exact) mass is 801 g/mol. The van der Waals surface area contributed by atoms with Gasteiger partial charge in [-0.3, -0.25) is 9.00 Å². The number of Topliss-reactive ketones (excluding diaryl/α,β-unsaturated/α-hetero) is 1. The van der Waals surface area contributed by atoms with E-state index in [1.54, 1.807) is 66.0 Å². The summed E-state index contributed by atoms with van der Waals surface area (Å²) in [5, 5.41) is 4.37. The summed E-state index contributed by atoms with van der Waals surface area (Å²) in [7, 11) is -2.69. The van der Waals surface area contributed by atoms with E-state index >= 15 is 0 Å². The van der Waals surface area contributed by atoms with Crippen LogP contribution in [0.4, 0.5) is 0 Å². The second-order valence-corrected chi connectivity index (χ2v) is 21.9. The Balaban J connectivity index is 1.43. The number of aromatic nitrogens is 2. The third-order valence-electron chi connectivity index (χ3n) is 11.8. The van der Waals surface area contributed by atoms with E-state index in [-0.39, 0.29) is 16.2 Å². The van der Waals surface area contributed by atoms with Crippen LogP contribution in [0.1, 0.15) is 158 Å². The van der Waals surface area contributed by atoms with E-state index in [4.69, 9.17) is 9.47 Å². The minimum absolute atomic E-state index is 0.205.